The van der Waals surface area contributed by atoms with Gasteiger partial charge in [0.1, 0.15) is 24.0 Å². The standard InChI is InChI=1S/C12H13N5O/c1-17-11(15-8-16-17)7-14-12-9(6-13)4-3-5-10(12)18-2/h3-5,8,14H,7H2,1-2H3. The molecule has 92 valence electrons. The molecule has 1 aromatic carbocycles. The first-order chi connectivity index (χ1) is 8.76. The first kappa shape index (κ1) is 11.9. The number of methoxy groups -OCH3 is 1. The highest BCUT2D eigenvalue weighted by atomic mass is 16.5. The topological polar surface area (TPSA) is 75.8 Å². The van der Waals surface area contributed by atoms with E-state index < -0.39 is 0 Å². The fourth-order valence-electron chi connectivity index (χ4n) is 1.62. The zero-order valence-electron chi connectivity index (χ0n) is 10.2. The summed E-state index contributed by atoms with van der Waals surface area (Å²) in [4.78, 5) is 4.11. The van der Waals surface area contributed by atoms with Gasteiger partial charge in [0.05, 0.1) is 24.9 Å². The lowest BCUT2D eigenvalue weighted by atomic mass is 10.2. The number of aromatic nitrogens is 3. The SMILES string of the molecule is COc1cccc(C#N)c1NCc1ncnn1C. The van der Waals surface area contributed by atoms with Gasteiger partial charge in [-0.3, -0.25) is 4.68 Å². The van der Waals surface area contributed by atoms with E-state index in [1.807, 2.05) is 7.05 Å². The van der Waals surface area contributed by atoms with E-state index in [1.165, 1.54) is 6.33 Å². The second-order valence-corrected chi connectivity index (χ2v) is 3.65. The molecule has 0 radical (unpaired) electrons. The summed E-state index contributed by atoms with van der Waals surface area (Å²) in [6.07, 6.45) is 1.49. The van der Waals surface area contributed by atoms with E-state index in [0.717, 1.165) is 5.82 Å². The Hall–Kier alpha value is -2.55. The minimum absolute atomic E-state index is 0.478. The first-order valence-corrected chi connectivity index (χ1v) is 5.40. The molecule has 1 heterocycles. The number of rotatable bonds is 4. The van der Waals surface area contributed by atoms with Gasteiger partial charge in [-0.1, -0.05) is 6.07 Å². The fourth-order valence-corrected chi connectivity index (χ4v) is 1.62. The quantitative estimate of drug-likeness (QED) is 0.876. The van der Waals surface area contributed by atoms with Crippen LogP contribution in [-0.2, 0) is 13.6 Å². The Morgan fingerprint density at radius 2 is 2.33 bits per heavy atom. The first-order valence-electron chi connectivity index (χ1n) is 5.40. The lowest BCUT2D eigenvalue weighted by molar-refractivity contribution is 0.416. The third kappa shape index (κ3) is 2.25. The Bertz CT molecular complexity index is 584. The van der Waals surface area contributed by atoms with Crippen LogP contribution < -0.4 is 10.1 Å². The molecule has 0 unspecified atom stereocenters. The zero-order valence-corrected chi connectivity index (χ0v) is 10.2. The van der Waals surface area contributed by atoms with Crippen molar-refractivity contribution in [2.75, 3.05) is 12.4 Å². The van der Waals surface area contributed by atoms with E-state index in [2.05, 4.69) is 21.5 Å². The molecule has 1 N–H and O–H groups in total. The number of aryl methyl sites for hydroxylation is 1. The number of anilines is 1. The summed E-state index contributed by atoms with van der Waals surface area (Å²) in [6, 6.07) is 7.46. The summed E-state index contributed by atoms with van der Waals surface area (Å²) in [7, 11) is 3.39. The van der Waals surface area contributed by atoms with Gasteiger partial charge in [0.15, 0.2) is 0 Å². The molecule has 0 atom stereocenters. The average Bonchev–Trinajstić information content (AvgIpc) is 2.81. The Morgan fingerprint density at radius 3 is 2.94 bits per heavy atom. The van der Waals surface area contributed by atoms with Crippen molar-refractivity contribution in [3.8, 4) is 11.8 Å². The lowest BCUT2D eigenvalue weighted by Crippen LogP contribution is -2.08. The highest BCUT2D eigenvalue weighted by Crippen LogP contribution is 2.27. The average molecular weight is 243 g/mol. The van der Waals surface area contributed by atoms with Crippen LogP contribution in [0.4, 0.5) is 5.69 Å². The number of nitrogens with zero attached hydrogens (tertiary/aromatic N) is 4. The van der Waals surface area contributed by atoms with Gasteiger partial charge in [-0.15, -0.1) is 0 Å². The molecule has 0 bridgehead atoms. The van der Waals surface area contributed by atoms with E-state index in [0.29, 0.717) is 23.5 Å². The van der Waals surface area contributed by atoms with E-state index in [-0.39, 0.29) is 0 Å². The van der Waals surface area contributed by atoms with Crippen molar-refractivity contribution < 1.29 is 4.74 Å². The van der Waals surface area contributed by atoms with Crippen LogP contribution in [0.25, 0.3) is 0 Å². The number of ether oxygens (including phenoxy) is 1. The maximum Gasteiger partial charge on any atom is 0.145 e. The van der Waals surface area contributed by atoms with Gasteiger partial charge in [-0.05, 0) is 12.1 Å². The molecule has 0 aliphatic rings. The molecule has 0 saturated carbocycles. The molecular formula is C12H13N5O. The fraction of sp³-hybridized carbons (Fsp3) is 0.250. The largest absolute Gasteiger partial charge is 0.495 e. The molecule has 18 heavy (non-hydrogen) atoms. The van der Waals surface area contributed by atoms with Crippen molar-refractivity contribution in [1.29, 1.82) is 5.26 Å². The maximum atomic E-state index is 9.07. The highest BCUT2D eigenvalue weighted by molar-refractivity contribution is 5.66. The summed E-state index contributed by atoms with van der Waals surface area (Å²) in [5.74, 6) is 1.42. The van der Waals surface area contributed by atoms with E-state index >= 15 is 0 Å². The van der Waals surface area contributed by atoms with Gasteiger partial charge in [0, 0.05) is 7.05 Å². The van der Waals surface area contributed by atoms with E-state index in [4.69, 9.17) is 10.00 Å². The summed E-state index contributed by atoms with van der Waals surface area (Å²) >= 11 is 0. The normalized spacial score (nSPS) is 9.83. The van der Waals surface area contributed by atoms with Crippen LogP contribution in [-0.4, -0.2) is 21.9 Å². The molecule has 0 aliphatic carbocycles. The third-order valence-electron chi connectivity index (χ3n) is 2.60. The van der Waals surface area contributed by atoms with Crippen molar-refractivity contribution >= 4 is 5.69 Å². The monoisotopic (exact) mass is 243 g/mol. The van der Waals surface area contributed by atoms with Crippen LogP contribution in [0.5, 0.6) is 5.75 Å². The predicted molar refractivity (Wildman–Crippen MR) is 66.0 cm³/mol. The second kappa shape index (κ2) is 5.19. The minimum Gasteiger partial charge on any atom is -0.495 e. The van der Waals surface area contributed by atoms with Crippen molar-refractivity contribution in [3.63, 3.8) is 0 Å². The molecule has 0 amide bonds. The molecule has 6 nitrogen and oxygen atoms in total. The van der Waals surface area contributed by atoms with Crippen molar-refractivity contribution in [2.24, 2.45) is 7.05 Å². The van der Waals surface area contributed by atoms with Crippen LogP contribution in [0.2, 0.25) is 0 Å². The molecule has 0 aliphatic heterocycles. The lowest BCUT2D eigenvalue weighted by Gasteiger charge is -2.12. The smallest absolute Gasteiger partial charge is 0.145 e. The Labute approximate surface area is 105 Å². The molecule has 2 rings (SSSR count). The minimum atomic E-state index is 0.478. The van der Waals surface area contributed by atoms with E-state index in [9.17, 15) is 0 Å². The van der Waals surface area contributed by atoms with Gasteiger partial charge in [0.2, 0.25) is 0 Å². The summed E-state index contributed by atoms with van der Waals surface area (Å²) < 4.78 is 6.91. The van der Waals surface area contributed by atoms with Crippen molar-refractivity contribution in [1.82, 2.24) is 14.8 Å². The Balaban J connectivity index is 2.23. The van der Waals surface area contributed by atoms with Crippen molar-refractivity contribution in [3.05, 3.63) is 35.9 Å². The molecule has 2 aromatic rings. The predicted octanol–water partition coefficient (Wildman–Crippen LogP) is 1.31. The number of benzene rings is 1. The number of nitriles is 1. The summed E-state index contributed by atoms with van der Waals surface area (Å²) in [6.45, 7) is 0.478. The maximum absolute atomic E-state index is 9.07. The number of para-hydroxylation sites is 1. The number of hydrogen-bond acceptors (Lipinski definition) is 5. The Kier molecular flexibility index (Phi) is 3.44. The van der Waals surface area contributed by atoms with Gasteiger partial charge >= 0.3 is 0 Å². The molecule has 1 aromatic heterocycles. The van der Waals surface area contributed by atoms with Crippen LogP contribution in [0.3, 0.4) is 0 Å². The molecular weight excluding hydrogens is 230 g/mol. The van der Waals surface area contributed by atoms with Gasteiger partial charge < -0.3 is 10.1 Å². The molecule has 6 heteroatoms. The highest BCUT2D eigenvalue weighted by Gasteiger charge is 2.09. The summed E-state index contributed by atoms with van der Waals surface area (Å²) in [5, 5.41) is 16.2. The van der Waals surface area contributed by atoms with Gasteiger partial charge in [0.25, 0.3) is 0 Å². The van der Waals surface area contributed by atoms with Crippen LogP contribution in [0, 0.1) is 11.3 Å². The zero-order chi connectivity index (χ0) is 13.0. The second-order valence-electron chi connectivity index (χ2n) is 3.65. The van der Waals surface area contributed by atoms with Crippen LogP contribution in [0.15, 0.2) is 24.5 Å². The molecule has 0 fully saturated rings. The third-order valence-corrected chi connectivity index (χ3v) is 2.60. The number of hydrogen-bond donors (Lipinski definition) is 1. The molecule has 0 saturated heterocycles. The van der Waals surface area contributed by atoms with Crippen LogP contribution in [0.1, 0.15) is 11.4 Å². The summed E-state index contributed by atoms with van der Waals surface area (Å²) in [5.41, 5.74) is 1.21. The molecule has 0 spiro atoms. The number of nitrogens with one attached hydrogen (secondary N) is 1. The Morgan fingerprint density at radius 1 is 1.50 bits per heavy atom. The van der Waals surface area contributed by atoms with Crippen LogP contribution >= 0.6 is 0 Å². The van der Waals surface area contributed by atoms with E-state index in [1.54, 1.807) is 30.0 Å². The van der Waals surface area contributed by atoms with Gasteiger partial charge in [-0.2, -0.15) is 10.4 Å². The van der Waals surface area contributed by atoms with Gasteiger partial charge in [-0.25, -0.2) is 4.98 Å². The van der Waals surface area contributed by atoms with Crippen molar-refractivity contribution in [2.45, 2.75) is 6.54 Å².